The molecule has 1 aromatic rings. The van der Waals surface area contributed by atoms with E-state index < -0.39 is 0 Å². The number of aliphatic hydroxyl groups excluding tert-OH is 1. The molecule has 2 rings (SSSR count). The Labute approximate surface area is 123 Å². The Kier molecular flexibility index (Phi) is 5.03. The molecule has 1 aliphatic heterocycles. The summed E-state index contributed by atoms with van der Waals surface area (Å²) in [5, 5.41) is 9.10. The largest absolute Gasteiger partial charge is 0.396 e. The van der Waals surface area contributed by atoms with Gasteiger partial charge in [0.2, 0.25) is 0 Å². The van der Waals surface area contributed by atoms with E-state index in [0.717, 1.165) is 25.8 Å². The summed E-state index contributed by atoms with van der Waals surface area (Å²) in [7, 11) is 0. The molecule has 0 radical (unpaired) electrons. The minimum absolute atomic E-state index is 0.0855. The summed E-state index contributed by atoms with van der Waals surface area (Å²) < 4.78 is 0. The predicted octanol–water partition coefficient (Wildman–Crippen LogP) is 1.09. The van der Waals surface area contributed by atoms with Crippen molar-refractivity contribution in [3.05, 3.63) is 29.6 Å². The van der Waals surface area contributed by atoms with Crippen molar-refractivity contribution in [2.45, 2.75) is 31.7 Å². The first-order chi connectivity index (χ1) is 9.63. The Balaban J connectivity index is 2.14. The number of pyridine rings is 1. The molecule has 1 aliphatic rings. The van der Waals surface area contributed by atoms with Gasteiger partial charge in [-0.3, -0.25) is 9.78 Å². The first kappa shape index (κ1) is 14.9. The van der Waals surface area contributed by atoms with E-state index in [4.69, 9.17) is 23.1 Å². The molecule has 0 aliphatic carbocycles. The van der Waals surface area contributed by atoms with Crippen LogP contribution in [0.2, 0.25) is 0 Å². The van der Waals surface area contributed by atoms with Gasteiger partial charge in [-0.15, -0.1) is 0 Å². The molecule has 1 saturated heterocycles. The molecule has 0 spiro atoms. The number of hydrogen-bond acceptors (Lipinski definition) is 4. The molecule has 1 fully saturated rings. The van der Waals surface area contributed by atoms with Crippen molar-refractivity contribution in [1.29, 1.82) is 0 Å². The van der Waals surface area contributed by atoms with Gasteiger partial charge in [0.1, 0.15) is 10.7 Å². The molecule has 0 bridgehead atoms. The van der Waals surface area contributed by atoms with Crippen LogP contribution in [-0.4, -0.2) is 45.1 Å². The fourth-order valence-corrected chi connectivity index (χ4v) is 2.65. The number of thiocarbonyl (C=S) groups is 1. The second-order valence-corrected chi connectivity index (χ2v) is 5.40. The number of nitrogens with two attached hydrogens (primary N) is 1. The third-order valence-electron chi connectivity index (χ3n) is 3.62. The second kappa shape index (κ2) is 6.76. The molecule has 0 aromatic carbocycles. The first-order valence-corrected chi connectivity index (χ1v) is 7.22. The number of piperidine rings is 1. The van der Waals surface area contributed by atoms with E-state index in [-0.39, 0.29) is 23.5 Å². The number of rotatable bonds is 4. The summed E-state index contributed by atoms with van der Waals surface area (Å²) in [6, 6.07) is 3.48. The monoisotopic (exact) mass is 293 g/mol. The maximum atomic E-state index is 12.5. The topological polar surface area (TPSA) is 79.5 Å². The van der Waals surface area contributed by atoms with Gasteiger partial charge in [0.15, 0.2) is 0 Å². The van der Waals surface area contributed by atoms with Crippen LogP contribution in [0.1, 0.15) is 41.7 Å². The highest BCUT2D eigenvalue weighted by Crippen LogP contribution is 2.21. The highest BCUT2D eigenvalue weighted by molar-refractivity contribution is 7.80. The van der Waals surface area contributed by atoms with E-state index in [1.54, 1.807) is 12.1 Å². The Morgan fingerprint density at radius 3 is 2.90 bits per heavy atom. The number of aromatic nitrogens is 1. The molecule has 1 amide bonds. The fourth-order valence-electron chi connectivity index (χ4n) is 2.53. The van der Waals surface area contributed by atoms with Gasteiger partial charge in [0.25, 0.3) is 5.91 Å². The van der Waals surface area contributed by atoms with Crippen LogP contribution in [0.15, 0.2) is 18.3 Å². The lowest BCUT2D eigenvalue weighted by atomic mass is 9.99. The minimum Gasteiger partial charge on any atom is -0.396 e. The zero-order valence-corrected chi connectivity index (χ0v) is 12.1. The SMILES string of the molecule is NC(=S)c1ccc(C(=O)N2CCCCC2CCO)nc1. The Hall–Kier alpha value is -1.53. The molecule has 20 heavy (non-hydrogen) atoms. The number of carbonyl (C=O) groups is 1. The maximum absolute atomic E-state index is 12.5. The molecule has 0 saturated carbocycles. The number of hydrogen-bond donors (Lipinski definition) is 2. The normalized spacial score (nSPS) is 18.9. The Morgan fingerprint density at radius 2 is 2.30 bits per heavy atom. The van der Waals surface area contributed by atoms with Gasteiger partial charge in [-0.2, -0.15) is 0 Å². The van der Waals surface area contributed by atoms with Crippen LogP contribution in [0.3, 0.4) is 0 Å². The van der Waals surface area contributed by atoms with E-state index in [0.29, 0.717) is 17.7 Å². The highest BCUT2D eigenvalue weighted by Gasteiger charge is 2.27. The zero-order valence-electron chi connectivity index (χ0n) is 11.3. The van der Waals surface area contributed by atoms with Crippen LogP contribution >= 0.6 is 12.2 Å². The highest BCUT2D eigenvalue weighted by atomic mass is 32.1. The number of nitrogens with zero attached hydrogens (tertiary/aromatic N) is 2. The first-order valence-electron chi connectivity index (χ1n) is 6.81. The van der Waals surface area contributed by atoms with Crippen molar-refractivity contribution >= 4 is 23.1 Å². The molecule has 2 heterocycles. The van der Waals surface area contributed by atoms with Crippen molar-refractivity contribution < 1.29 is 9.90 Å². The van der Waals surface area contributed by atoms with Crippen molar-refractivity contribution in [2.75, 3.05) is 13.2 Å². The van der Waals surface area contributed by atoms with Gasteiger partial charge in [0, 0.05) is 31.0 Å². The van der Waals surface area contributed by atoms with Crippen molar-refractivity contribution in [3.8, 4) is 0 Å². The fraction of sp³-hybridized carbons (Fsp3) is 0.500. The summed E-state index contributed by atoms with van der Waals surface area (Å²) in [5.41, 5.74) is 6.57. The van der Waals surface area contributed by atoms with Gasteiger partial charge in [-0.05, 0) is 37.8 Å². The number of carbonyl (C=O) groups excluding carboxylic acids is 1. The summed E-state index contributed by atoms with van der Waals surface area (Å²) in [6.45, 7) is 0.824. The van der Waals surface area contributed by atoms with Crippen LogP contribution < -0.4 is 5.73 Å². The average molecular weight is 293 g/mol. The lowest BCUT2D eigenvalue weighted by Crippen LogP contribution is -2.44. The molecule has 6 heteroatoms. The third kappa shape index (κ3) is 3.32. The number of amides is 1. The molecule has 1 atom stereocenters. The number of aliphatic hydroxyl groups is 1. The Morgan fingerprint density at radius 1 is 1.50 bits per heavy atom. The summed E-state index contributed by atoms with van der Waals surface area (Å²) in [4.78, 5) is 18.7. The van der Waals surface area contributed by atoms with Gasteiger partial charge < -0.3 is 15.7 Å². The van der Waals surface area contributed by atoms with Crippen LogP contribution in [-0.2, 0) is 0 Å². The lowest BCUT2D eigenvalue weighted by Gasteiger charge is -2.35. The van der Waals surface area contributed by atoms with Crippen molar-refractivity contribution in [1.82, 2.24) is 9.88 Å². The molecule has 1 unspecified atom stereocenters. The van der Waals surface area contributed by atoms with Crippen LogP contribution in [0.4, 0.5) is 0 Å². The molecule has 1 aromatic heterocycles. The van der Waals surface area contributed by atoms with Gasteiger partial charge in [0.05, 0.1) is 0 Å². The standard InChI is InChI=1S/C14H19N3O2S/c15-13(20)10-4-5-12(16-9-10)14(19)17-7-2-1-3-11(17)6-8-18/h4-5,9,11,18H,1-3,6-8H2,(H2,15,20). The molecule has 108 valence electrons. The van der Waals surface area contributed by atoms with E-state index in [9.17, 15) is 4.79 Å². The van der Waals surface area contributed by atoms with Crippen LogP contribution in [0.25, 0.3) is 0 Å². The second-order valence-electron chi connectivity index (χ2n) is 4.96. The zero-order chi connectivity index (χ0) is 14.5. The van der Waals surface area contributed by atoms with E-state index in [1.165, 1.54) is 6.20 Å². The molecular formula is C14H19N3O2S. The molecule has 3 N–H and O–H groups in total. The maximum Gasteiger partial charge on any atom is 0.272 e. The lowest BCUT2D eigenvalue weighted by molar-refractivity contribution is 0.0568. The third-order valence-corrected chi connectivity index (χ3v) is 3.85. The minimum atomic E-state index is -0.0855. The smallest absolute Gasteiger partial charge is 0.272 e. The molecule has 5 nitrogen and oxygen atoms in total. The van der Waals surface area contributed by atoms with Crippen LogP contribution in [0.5, 0.6) is 0 Å². The quantitative estimate of drug-likeness (QED) is 0.813. The Bertz CT molecular complexity index is 488. The predicted molar refractivity (Wildman–Crippen MR) is 80.5 cm³/mol. The molecular weight excluding hydrogens is 274 g/mol. The summed E-state index contributed by atoms with van der Waals surface area (Å²) >= 11 is 4.86. The van der Waals surface area contributed by atoms with E-state index in [1.807, 2.05) is 4.90 Å². The van der Waals surface area contributed by atoms with Gasteiger partial charge in [-0.25, -0.2) is 0 Å². The van der Waals surface area contributed by atoms with Crippen LogP contribution in [0, 0.1) is 0 Å². The summed E-state index contributed by atoms with van der Waals surface area (Å²) in [6.07, 6.45) is 5.19. The van der Waals surface area contributed by atoms with E-state index >= 15 is 0 Å². The van der Waals surface area contributed by atoms with E-state index in [2.05, 4.69) is 4.98 Å². The summed E-state index contributed by atoms with van der Waals surface area (Å²) in [5.74, 6) is -0.0855. The van der Waals surface area contributed by atoms with Gasteiger partial charge >= 0.3 is 0 Å². The van der Waals surface area contributed by atoms with Gasteiger partial charge in [-0.1, -0.05) is 12.2 Å². The van der Waals surface area contributed by atoms with Crippen molar-refractivity contribution in [2.24, 2.45) is 5.73 Å². The van der Waals surface area contributed by atoms with Crippen molar-refractivity contribution in [3.63, 3.8) is 0 Å². The average Bonchev–Trinajstić information content (AvgIpc) is 2.47. The number of likely N-dealkylation sites (tertiary alicyclic amines) is 1.